The van der Waals surface area contributed by atoms with Gasteiger partial charge in [0.1, 0.15) is 6.33 Å². The highest BCUT2D eigenvalue weighted by atomic mass is 32.2. The molecule has 0 aliphatic carbocycles. The molecule has 0 fully saturated rings. The Kier molecular flexibility index (Phi) is 3.49. The Morgan fingerprint density at radius 2 is 2.05 bits per heavy atom. The molecule has 0 atom stereocenters. The number of hydrogen-bond donors (Lipinski definition) is 3. The third-order valence-electron chi connectivity index (χ3n) is 2.11. The average molecular weight is 281 g/mol. The molecule has 0 saturated carbocycles. The van der Waals surface area contributed by atoms with Crippen LogP contribution in [0.25, 0.3) is 0 Å². The highest BCUT2D eigenvalue weighted by Gasteiger charge is 2.06. The third-order valence-corrected chi connectivity index (χ3v) is 2.63. The maximum Gasteiger partial charge on any atom is 0.331 e. The number of rotatable bonds is 3. The summed E-state index contributed by atoms with van der Waals surface area (Å²) in [6, 6.07) is 5.74. The summed E-state index contributed by atoms with van der Waals surface area (Å²) in [6.07, 6.45) is 4.31. The van der Waals surface area contributed by atoms with Gasteiger partial charge in [0.2, 0.25) is 0 Å². The van der Waals surface area contributed by atoms with Gasteiger partial charge in [-0.05, 0) is 18.2 Å². The molecule has 4 N–H and O–H groups in total. The van der Waals surface area contributed by atoms with Gasteiger partial charge in [0, 0.05) is 18.1 Å². The van der Waals surface area contributed by atoms with Crippen molar-refractivity contribution in [3.63, 3.8) is 0 Å². The molecule has 1 heterocycles. The fourth-order valence-corrected chi connectivity index (χ4v) is 1.85. The standard InChI is InChI=1S/C10H11N5O3S/c11-19(17,18)14-9-3-1-2-8(6-9)13-10(16)15-5-4-12-7-15/h1-7,14H,(H,13,16)(H2,11,17,18). The Balaban J connectivity index is 2.13. The number of hydrogen-bond acceptors (Lipinski definition) is 4. The van der Waals surface area contributed by atoms with Crippen molar-refractivity contribution < 1.29 is 13.2 Å². The van der Waals surface area contributed by atoms with Crippen LogP contribution in [0.15, 0.2) is 43.0 Å². The predicted octanol–water partition coefficient (Wildman–Crippen LogP) is 0.579. The lowest BCUT2D eigenvalue weighted by atomic mass is 10.3. The van der Waals surface area contributed by atoms with Gasteiger partial charge in [-0.1, -0.05) is 6.07 Å². The fourth-order valence-electron chi connectivity index (χ4n) is 1.39. The largest absolute Gasteiger partial charge is 0.331 e. The zero-order valence-electron chi connectivity index (χ0n) is 9.65. The van der Waals surface area contributed by atoms with Crippen molar-refractivity contribution >= 4 is 27.6 Å². The lowest BCUT2D eigenvalue weighted by Gasteiger charge is -2.08. The van der Waals surface area contributed by atoms with Gasteiger partial charge < -0.3 is 5.32 Å². The molecule has 0 saturated heterocycles. The summed E-state index contributed by atoms with van der Waals surface area (Å²) >= 11 is 0. The quantitative estimate of drug-likeness (QED) is 0.762. The van der Waals surface area contributed by atoms with Gasteiger partial charge in [-0.25, -0.2) is 14.9 Å². The number of carbonyl (C=O) groups is 1. The van der Waals surface area contributed by atoms with Crippen LogP contribution < -0.4 is 15.2 Å². The number of nitrogens with one attached hydrogen (secondary N) is 2. The second kappa shape index (κ2) is 5.08. The normalized spacial score (nSPS) is 11.0. The number of nitrogens with two attached hydrogens (primary N) is 1. The molecule has 100 valence electrons. The van der Waals surface area contributed by atoms with E-state index >= 15 is 0 Å². The molecule has 0 unspecified atom stereocenters. The van der Waals surface area contributed by atoms with Crippen LogP contribution in [-0.4, -0.2) is 24.0 Å². The number of anilines is 2. The van der Waals surface area contributed by atoms with Crippen molar-refractivity contribution in [2.24, 2.45) is 5.14 Å². The predicted molar refractivity (Wildman–Crippen MR) is 69.8 cm³/mol. The Bertz CT molecular complexity index is 681. The van der Waals surface area contributed by atoms with Crippen molar-refractivity contribution in [3.05, 3.63) is 43.0 Å². The van der Waals surface area contributed by atoms with Crippen molar-refractivity contribution in [3.8, 4) is 0 Å². The topological polar surface area (TPSA) is 119 Å². The van der Waals surface area contributed by atoms with E-state index in [4.69, 9.17) is 5.14 Å². The van der Waals surface area contributed by atoms with E-state index in [2.05, 4.69) is 15.0 Å². The summed E-state index contributed by atoms with van der Waals surface area (Å²) in [7, 11) is -3.84. The Labute approximate surface area is 109 Å². The molecule has 1 amide bonds. The molecule has 1 aromatic carbocycles. The molecule has 8 nitrogen and oxygen atoms in total. The first-order chi connectivity index (χ1) is 8.94. The average Bonchev–Trinajstić information content (AvgIpc) is 2.80. The van der Waals surface area contributed by atoms with Crippen LogP contribution in [0, 0.1) is 0 Å². The summed E-state index contributed by atoms with van der Waals surface area (Å²) in [6.45, 7) is 0. The Hall–Kier alpha value is -2.39. The van der Waals surface area contributed by atoms with Gasteiger partial charge in [0.25, 0.3) is 10.2 Å². The monoisotopic (exact) mass is 281 g/mol. The minimum Gasteiger partial charge on any atom is -0.307 e. The van der Waals surface area contributed by atoms with Gasteiger partial charge in [-0.2, -0.15) is 8.42 Å². The molecule has 0 aliphatic rings. The van der Waals surface area contributed by atoms with E-state index in [1.54, 1.807) is 12.1 Å². The van der Waals surface area contributed by atoms with Crippen LogP contribution in [-0.2, 0) is 10.2 Å². The lowest BCUT2D eigenvalue weighted by molar-refractivity contribution is 0.253. The number of aromatic nitrogens is 2. The maximum absolute atomic E-state index is 11.7. The number of nitrogens with zero attached hydrogens (tertiary/aromatic N) is 2. The molecule has 0 radical (unpaired) electrons. The van der Waals surface area contributed by atoms with Crippen molar-refractivity contribution in [1.82, 2.24) is 9.55 Å². The van der Waals surface area contributed by atoms with Crippen LogP contribution in [0.3, 0.4) is 0 Å². The van der Waals surface area contributed by atoms with E-state index in [1.165, 1.54) is 35.4 Å². The second-order valence-corrected chi connectivity index (χ2v) is 4.92. The SMILES string of the molecule is NS(=O)(=O)Nc1cccc(NC(=O)n2ccnc2)c1. The highest BCUT2D eigenvalue weighted by Crippen LogP contribution is 2.15. The van der Waals surface area contributed by atoms with Crippen molar-refractivity contribution in [1.29, 1.82) is 0 Å². The molecule has 0 bridgehead atoms. The molecule has 2 rings (SSSR count). The second-order valence-electron chi connectivity index (χ2n) is 3.63. The number of benzene rings is 1. The van der Waals surface area contributed by atoms with Gasteiger partial charge in [-0.3, -0.25) is 9.29 Å². The molecular weight excluding hydrogens is 270 g/mol. The summed E-state index contributed by atoms with van der Waals surface area (Å²) in [4.78, 5) is 15.5. The first-order valence-electron chi connectivity index (χ1n) is 5.14. The van der Waals surface area contributed by atoms with Crippen molar-refractivity contribution in [2.75, 3.05) is 10.0 Å². The third kappa shape index (κ3) is 3.79. The zero-order valence-corrected chi connectivity index (χ0v) is 10.5. The minimum atomic E-state index is -3.84. The molecule has 1 aromatic heterocycles. The molecule has 0 spiro atoms. The van der Waals surface area contributed by atoms with Crippen LogP contribution >= 0.6 is 0 Å². The van der Waals surface area contributed by atoms with Crippen LogP contribution in [0.2, 0.25) is 0 Å². The Morgan fingerprint density at radius 3 is 2.68 bits per heavy atom. The lowest BCUT2D eigenvalue weighted by Crippen LogP contribution is -2.22. The van der Waals surface area contributed by atoms with Crippen LogP contribution in [0.1, 0.15) is 0 Å². The van der Waals surface area contributed by atoms with E-state index in [9.17, 15) is 13.2 Å². The number of carbonyl (C=O) groups excluding carboxylic acids is 1. The van der Waals surface area contributed by atoms with Crippen LogP contribution in [0.4, 0.5) is 16.2 Å². The van der Waals surface area contributed by atoms with E-state index in [1.807, 2.05) is 0 Å². The molecule has 9 heteroatoms. The molecular formula is C10H11N5O3S. The maximum atomic E-state index is 11.7. The highest BCUT2D eigenvalue weighted by molar-refractivity contribution is 7.90. The molecule has 0 aliphatic heterocycles. The van der Waals surface area contributed by atoms with Crippen LogP contribution in [0.5, 0.6) is 0 Å². The zero-order chi connectivity index (χ0) is 13.9. The smallest absolute Gasteiger partial charge is 0.307 e. The molecule has 2 aromatic rings. The summed E-state index contributed by atoms with van der Waals surface area (Å²) in [5.41, 5.74) is 0.679. The first-order valence-corrected chi connectivity index (χ1v) is 6.68. The summed E-state index contributed by atoms with van der Waals surface area (Å²) < 4.78 is 25.1. The van der Waals surface area contributed by atoms with Crippen molar-refractivity contribution in [2.45, 2.75) is 0 Å². The van der Waals surface area contributed by atoms with Gasteiger partial charge in [0.15, 0.2) is 0 Å². The van der Waals surface area contributed by atoms with Gasteiger partial charge in [-0.15, -0.1) is 0 Å². The minimum absolute atomic E-state index is 0.255. The number of imidazole rings is 1. The Morgan fingerprint density at radius 1 is 1.32 bits per heavy atom. The van der Waals surface area contributed by atoms with E-state index in [0.29, 0.717) is 5.69 Å². The van der Waals surface area contributed by atoms with E-state index < -0.39 is 16.2 Å². The summed E-state index contributed by atoms with van der Waals surface area (Å²) in [5, 5.41) is 7.44. The molecule has 19 heavy (non-hydrogen) atoms. The van der Waals surface area contributed by atoms with E-state index in [0.717, 1.165) is 0 Å². The van der Waals surface area contributed by atoms with Gasteiger partial charge >= 0.3 is 6.03 Å². The van der Waals surface area contributed by atoms with E-state index in [-0.39, 0.29) is 5.69 Å². The van der Waals surface area contributed by atoms with Gasteiger partial charge in [0.05, 0.1) is 5.69 Å². The summed E-state index contributed by atoms with van der Waals surface area (Å²) in [5.74, 6) is 0. The number of amides is 1. The first kappa shape index (κ1) is 13.1. The fraction of sp³-hybridized carbons (Fsp3) is 0.